The van der Waals surface area contributed by atoms with Gasteiger partial charge >= 0.3 is 0 Å². The fourth-order valence-electron chi connectivity index (χ4n) is 2.15. The molecule has 1 heterocycles. The minimum atomic E-state index is 1.12. The van der Waals surface area contributed by atoms with Crippen molar-refractivity contribution < 1.29 is 0 Å². The van der Waals surface area contributed by atoms with E-state index in [1.807, 2.05) is 0 Å². The smallest absolute Gasteiger partial charge is 0.0907 e. The summed E-state index contributed by atoms with van der Waals surface area (Å²) < 4.78 is 1.34. The third-order valence-electron chi connectivity index (χ3n) is 2.80. The van der Waals surface area contributed by atoms with Gasteiger partial charge in [0.05, 0.1) is 15.2 Å². The highest BCUT2D eigenvalue weighted by atomic mass is 32.1. The van der Waals surface area contributed by atoms with E-state index in [9.17, 15) is 0 Å². The Morgan fingerprint density at radius 3 is 3.07 bits per heavy atom. The molecule has 2 aromatic rings. The molecule has 1 aromatic carbocycles. The number of rotatable bonds is 0. The van der Waals surface area contributed by atoms with E-state index in [0.717, 1.165) is 23.4 Å². The number of fused-ring (bicyclic) bond motifs is 3. The van der Waals surface area contributed by atoms with Gasteiger partial charge in [0.1, 0.15) is 0 Å². The van der Waals surface area contributed by atoms with Crippen molar-refractivity contribution in [3.8, 4) is 0 Å². The van der Waals surface area contributed by atoms with Crippen molar-refractivity contribution in [2.45, 2.75) is 19.8 Å². The van der Waals surface area contributed by atoms with E-state index in [-0.39, 0.29) is 0 Å². The molecule has 1 aromatic heterocycles. The van der Waals surface area contributed by atoms with Gasteiger partial charge < -0.3 is 0 Å². The van der Waals surface area contributed by atoms with Crippen LogP contribution in [0.4, 0.5) is 0 Å². The second-order valence-electron chi connectivity index (χ2n) is 3.78. The summed E-state index contributed by atoms with van der Waals surface area (Å²) in [6, 6.07) is 4.34. The van der Waals surface area contributed by atoms with Crippen molar-refractivity contribution in [1.29, 1.82) is 0 Å². The number of hydrogen-bond donors (Lipinski definition) is 0. The molecule has 0 spiro atoms. The standard InChI is InChI=1S/C12H11NS/c1-7-3-4-9-5-6-10-12(11(7)9)14-8(2)13-10/h5-6H,1,3-4H2,2H3. The van der Waals surface area contributed by atoms with Gasteiger partial charge in [0.2, 0.25) is 0 Å². The molecule has 1 aliphatic carbocycles. The summed E-state index contributed by atoms with van der Waals surface area (Å²) in [4.78, 5) is 4.50. The fourth-order valence-corrected chi connectivity index (χ4v) is 3.19. The first-order valence-corrected chi connectivity index (χ1v) is 5.64. The molecule has 0 radical (unpaired) electrons. The minimum absolute atomic E-state index is 1.12. The summed E-state index contributed by atoms with van der Waals surface area (Å²) in [5.74, 6) is 0. The predicted octanol–water partition coefficient (Wildman–Crippen LogP) is 3.56. The lowest BCUT2D eigenvalue weighted by molar-refractivity contribution is 1.08. The average Bonchev–Trinajstić information content (AvgIpc) is 2.68. The van der Waals surface area contributed by atoms with Crippen LogP contribution in [0.5, 0.6) is 0 Å². The molecule has 0 atom stereocenters. The molecule has 70 valence electrons. The monoisotopic (exact) mass is 201 g/mol. The maximum absolute atomic E-state index is 4.50. The first-order valence-electron chi connectivity index (χ1n) is 4.83. The number of aryl methyl sites for hydroxylation is 2. The quantitative estimate of drug-likeness (QED) is 0.635. The average molecular weight is 201 g/mol. The molecule has 2 heteroatoms. The number of benzene rings is 1. The summed E-state index contributed by atoms with van der Waals surface area (Å²) >= 11 is 1.79. The largest absolute Gasteiger partial charge is 0.241 e. The van der Waals surface area contributed by atoms with Crippen molar-refractivity contribution >= 4 is 27.1 Å². The lowest BCUT2D eigenvalue weighted by atomic mass is 10.1. The van der Waals surface area contributed by atoms with Crippen molar-refractivity contribution in [1.82, 2.24) is 4.98 Å². The Balaban J connectivity index is 2.46. The Morgan fingerprint density at radius 1 is 1.36 bits per heavy atom. The van der Waals surface area contributed by atoms with Crippen LogP contribution in [0.2, 0.25) is 0 Å². The fraction of sp³-hybridized carbons (Fsp3) is 0.250. The molecule has 0 saturated heterocycles. The summed E-state index contributed by atoms with van der Waals surface area (Å²) in [7, 11) is 0. The van der Waals surface area contributed by atoms with E-state index in [2.05, 4.69) is 30.6 Å². The van der Waals surface area contributed by atoms with Crippen LogP contribution in [-0.4, -0.2) is 4.98 Å². The van der Waals surface area contributed by atoms with E-state index >= 15 is 0 Å². The number of nitrogens with zero attached hydrogens (tertiary/aromatic N) is 1. The topological polar surface area (TPSA) is 12.9 Å². The van der Waals surface area contributed by atoms with Crippen LogP contribution in [0.1, 0.15) is 22.6 Å². The Labute approximate surface area is 87.1 Å². The predicted molar refractivity (Wildman–Crippen MR) is 61.7 cm³/mol. The Bertz CT molecular complexity index is 536. The Kier molecular flexibility index (Phi) is 1.56. The molecule has 0 saturated carbocycles. The summed E-state index contributed by atoms with van der Waals surface area (Å²) in [5.41, 5.74) is 5.25. The number of allylic oxidation sites excluding steroid dienone is 1. The first-order chi connectivity index (χ1) is 6.75. The third-order valence-corrected chi connectivity index (χ3v) is 3.80. The third kappa shape index (κ3) is 0.976. The van der Waals surface area contributed by atoms with E-state index in [1.54, 1.807) is 11.3 Å². The van der Waals surface area contributed by atoms with E-state index < -0.39 is 0 Å². The van der Waals surface area contributed by atoms with Gasteiger partial charge in [-0.3, -0.25) is 0 Å². The van der Waals surface area contributed by atoms with Crippen LogP contribution in [-0.2, 0) is 6.42 Å². The van der Waals surface area contributed by atoms with Crippen LogP contribution in [0, 0.1) is 6.92 Å². The normalized spacial score (nSPS) is 15.1. The lowest BCUT2D eigenvalue weighted by Crippen LogP contribution is -1.80. The maximum Gasteiger partial charge on any atom is 0.0907 e. The molecule has 0 unspecified atom stereocenters. The van der Waals surface area contributed by atoms with Gasteiger partial charge in [-0.1, -0.05) is 12.6 Å². The maximum atomic E-state index is 4.50. The van der Waals surface area contributed by atoms with Crippen molar-refractivity contribution in [2.75, 3.05) is 0 Å². The highest BCUT2D eigenvalue weighted by molar-refractivity contribution is 7.18. The zero-order valence-electron chi connectivity index (χ0n) is 8.13. The number of thiazole rings is 1. The lowest BCUT2D eigenvalue weighted by Gasteiger charge is -1.99. The zero-order chi connectivity index (χ0) is 9.71. The molecule has 0 aliphatic heterocycles. The second kappa shape index (κ2) is 2.67. The van der Waals surface area contributed by atoms with E-state index in [0.29, 0.717) is 0 Å². The molecule has 1 nitrogen and oxygen atoms in total. The summed E-state index contributed by atoms with van der Waals surface area (Å²) in [6.07, 6.45) is 2.27. The van der Waals surface area contributed by atoms with Gasteiger partial charge in [-0.2, -0.15) is 0 Å². The van der Waals surface area contributed by atoms with Crippen LogP contribution < -0.4 is 0 Å². The van der Waals surface area contributed by atoms with Crippen LogP contribution in [0.15, 0.2) is 18.7 Å². The number of hydrogen-bond acceptors (Lipinski definition) is 2. The first kappa shape index (κ1) is 8.18. The van der Waals surface area contributed by atoms with E-state index in [1.165, 1.54) is 21.4 Å². The van der Waals surface area contributed by atoms with Gasteiger partial charge in [-0.15, -0.1) is 11.3 Å². The van der Waals surface area contributed by atoms with Gasteiger partial charge in [0.15, 0.2) is 0 Å². The van der Waals surface area contributed by atoms with Gasteiger partial charge in [0, 0.05) is 0 Å². The summed E-state index contributed by atoms with van der Waals surface area (Å²) in [5, 5.41) is 1.15. The minimum Gasteiger partial charge on any atom is -0.241 e. The zero-order valence-corrected chi connectivity index (χ0v) is 8.95. The highest BCUT2D eigenvalue weighted by Crippen LogP contribution is 2.38. The van der Waals surface area contributed by atoms with Gasteiger partial charge in [-0.05, 0) is 42.5 Å². The molecule has 14 heavy (non-hydrogen) atoms. The van der Waals surface area contributed by atoms with Gasteiger partial charge in [0.25, 0.3) is 0 Å². The van der Waals surface area contributed by atoms with Crippen molar-refractivity contribution in [3.63, 3.8) is 0 Å². The van der Waals surface area contributed by atoms with Crippen molar-refractivity contribution in [2.24, 2.45) is 0 Å². The molecule has 0 N–H and O–H groups in total. The molecular formula is C12H11NS. The Hall–Kier alpha value is -1.15. The number of aromatic nitrogens is 1. The molecule has 0 fully saturated rings. The van der Waals surface area contributed by atoms with Gasteiger partial charge in [-0.25, -0.2) is 4.98 Å². The molecule has 3 rings (SSSR count). The Morgan fingerprint density at radius 2 is 2.21 bits per heavy atom. The highest BCUT2D eigenvalue weighted by Gasteiger charge is 2.18. The molecule has 0 bridgehead atoms. The van der Waals surface area contributed by atoms with Crippen LogP contribution >= 0.6 is 11.3 Å². The van der Waals surface area contributed by atoms with Crippen LogP contribution in [0.3, 0.4) is 0 Å². The second-order valence-corrected chi connectivity index (χ2v) is 4.99. The SMILES string of the molecule is C=C1CCc2ccc3nc(C)sc3c21. The van der Waals surface area contributed by atoms with Crippen molar-refractivity contribution in [3.05, 3.63) is 34.8 Å². The molecule has 1 aliphatic rings. The molecular weight excluding hydrogens is 190 g/mol. The summed E-state index contributed by atoms with van der Waals surface area (Å²) in [6.45, 7) is 6.20. The van der Waals surface area contributed by atoms with E-state index in [4.69, 9.17) is 0 Å². The van der Waals surface area contributed by atoms with Crippen LogP contribution in [0.25, 0.3) is 15.8 Å². The molecule has 0 amide bonds.